The van der Waals surface area contributed by atoms with Gasteiger partial charge in [-0.15, -0.1) is 0 Å². The largest absolute Gasteiger partial charge is 0.383 e. The second kappa shape index (κ2) is 10.2. The van der Waals surface area contributed by atoms with Crippen LogP contribution in [0, 0.1) is 13.8 Å². The molecule has 2 rings (SSSR count). The number of ether oxygens (including phenoxy) is 1. The van der Waals surface area contributed by atoms with Crippen molar-refractivity contribution >= 4 is 27.7 Å². The molecule has 1 amide bonds. The zero-order valence-corrected chi connectivity index (χ0v) is 19.1. The second-order valence-corrected chi connectivity index (χ2v) is 9.73. The maximum Gasteiger partial charge on any atom is 0.242 e. The van der Waals surface area contributed by atoms with Gasteiger partial charge >= 0.3 is 0 Å². The average molecular weight is 441 g/mol. The first-order valence-corrected chi connectivity index (χ1v) is 11.5. The van der Waals surface area contributed by atoms with Crippen molar-refractivity contribution in [3.63, 3.8) is 0 Å². The van der Waals surface area contributed by atoms with Crippen molar-refractivity contribution in [1.82, 2.24) is 19.2 Å². The molecule has 2 aromatic rings. The molecule has 1 heterocycles. The molecule has 0 aliphatic carbocycles. The lowest BCUT2D eigenvalue weighted by Crippen LogP contribution is -2.28. The monoisotopic (exact) mass is 440 g/mol. The van der Waals surface area contributed by atoms with Gasteiger partial charge in [0.15, 0.2) is 5.16 Å². The molecule has 0 radical (unpaired) electrons. The lowest BCUT2D eigenvalue weighted by atomic mass is 10.2. The van der Waals surface area contributed by atoms with Gasteiger partial charge in [-0.05, 0) is 25.5 Å². The molecule has 0 atom stereocenters. The van der Waals surface area contributed by atoms with Crippen LogP contribution in [-0.2, 0) is 32.6 Å². The van der Waals surface area contributed by atoms with Gasteiger partial charge in [0.05, 0.1) is 22.9 Å². The van der Waals surface area contributed by atoms with E-state index in [4.69, 9.17) is 4.74 Å². The summed E-state index contributed by atoms with van der Waals surface area (Å²) in [5.74, 6) is -0.00508. The Balaban J connectivity index is 2.02. The third-order valence-corrected chi connectivity index (χ3v) is 7.37. The lowest BCUT2D eigenvalue weighted by molar-refractivity contribution is -0.118. The number of nitrogens with zero attached hydrogens (tertiary/aromatic N) is 3. The van der Waals surface area contributed by atoms with Crippen LogP contribution >= 0.6 is 11.8 Å². The van der Waals surface area contributed by atoms with Crippen molar-refractivity contribution in [3.05, 3.63) is 41.2 Å². The predicted octanol–water partition coefficient (Wildman–Crippen LogP) is 1.81. The predicted molar refractivity (Wildman–Crippen MR) is 113 cm³/mol. The van der Waals surface area contributed by atoms with Gasteiger partial charge in [0.25, 0.3) is 0 Å². The summed E-state index contributed by atoms with van der Waals surface area (Å²) in [7, 11) is 1.04. The number of benzene rings is 1. The van der Waals surface area contributed by atoms with Crippen molar-refractivity contribution in [2.45, 2.75) is 37.0 Å². The number of rotatable bonds is 10. The minimum Gasteiger partial charge on any atom is -0.383 e. The van der Waals surface area contributed by atoms with Crippen LogP contribution in [0.2, 0.25) is 0 Å². The zero-order valence-electron chi connectivity index (χ0n) is 17.4. The summed E-state index contributed by atoms with van der Waals surface area (Å²) in [6.45, 7) is 5.30. The number of aromatic nitrogens is 2. The summed E-state index contributed by atoms with van der Waals surface area (Å²) in [4.78, 5) is 17.1. The summed E-state index contributed by atoms with van der Waals surface area (Å²) in [5, 5.41) is 3.57. The highest BCUT2D eigenvalue weighted by Gasteiger charge is 2.21. The molecule has 0 saturated heterocycles. The van der Waals surface area contributed by atoms with E-state index >= 15 is 0 Å². The van der Waals surface area contributed by atoms with Crippen LogP contribution in [-0.4, -0.2) is 61.7 Å². The van der Waals surface area contributed by atoms with E-state index in [1.807, 2.05) is 18.4 Å². The molecule has 0 aliphatic rings. The normalized spacial score (nSPS) is 11.8. The fourth-order valence-corrected chi connectivity index (χ4v) is 4.72. The Kier molecular flexibility index (Phi) is 8.26. The van der Waals surface area contributed by atoms with Gasteiger partial charge in [-0.3, -0.25) is 4.79 Å². The lowest BCUT2D eigenvalue weighted by Gasteiger charge is -2.15. The minimum atomic E-state index is -3.58. The molecule has 8 nitrogen and oxygen atoms in total. The molecule has 1 aromatic heterocycles. The molecule has 0 saturated carbocycles. The highest BCUT2D eigenvalue weighted by Crippen LogP contribution is 2.21. The van der Waals surface area contributed by atoms with Crippen molar-refractivity contribution in [2.75, 3.05) is 33.6 Å². The van der Waals surface area contributed by atoms with E-state index in [0.717, 1.165) is 20.8 Å². The fraction of sp³-hybridized carbons (Fsp3) is 0.474. The van der Waals surface area contributed by atoms with Crippen LogP contribution in [0.25, 0.3) is 0 Å². The van der Waals surface area contributed by atoms with Gasteiger partial charge in [0.2, 0.25) is 15.9 Å². The number of nitrogens with one attached hydrogen (secondary N) is 1. The molecule has 0 spiro atoms. The number of thioether (sulfide) groups is 1. The topological polar surface area (TPSA) is 93.5 Å². The first-order chi connectivity index (χ1) is 13.7. The van der Waals surface area contributed by atoms with Crippen molar-refractivity contribution in [3.8, 4) is 0 Å². The molecule has 160 valence electrons. The molecule has 1 aromatic carbocycles. The zero-order chi connectivity index (χ0) is 21.6. The van der Waals surface area contributed by atoms with Gasteiger partial charge in [-0.1, -0.05) is 30.0 Å². The van der Waals surface area contributed by atoms with Crippen LogP contribution < -0.4 is 5.32 Å². The van der Waals surface area contributed by atoms with Gasteiger partial charge in [-0.25, -0.2) is 17.7 Å². The number of aryl methyl sites for hydroxylation is 1. The Morgan fingerprint density at radius 2 is 1.97 bits per heavy atom. The summed E-state index contributed by atoms with van der Waals surface area (Å²) in [5.41, 5.74) is 2.52. The molecular formula is C19H28N4O4S2. The Hall–Kier alpha value is -1.88. The summed E-state index contributed by atoms with van der Waals surface area (Å²) in [6.07, 6.45) is 0. The number of carbonyl (C=O) groups is 1. The van der Waals surface area contributed by atoms with E-state index in [9.17, 15) is 13.2 Å². The van der Waals surface area contributed by atoms with Crippen LogP contribution in [0.3, 0.4) is 0 Å². The van der Waals surface area contributed by atoms with Crippen LogP contribution in [0.5, 0.6) is 0 Å². The van der Waals surface area contributed by atoms with E-state index in [1.54, 1.807) is 31.4 Å². The molecule has 29 heavy (non-hydrogen) atoms. The number of hydrogen-bond acceptors (Lipinski definition) is 6. The summed E-state index contributed by atoms with van der Waals surface area (Å²) in [6, 6.07) is 6.67. The van der Waals surface area contributed by atoms with Crippen LogP contribution in [0.4, 0.5) is 0 Å². The van der Waals surface area contributed by atoms with Gasteiger partial charge < -0.3 is 14.6 Å². The molecule has 0 fully saturated rings. The number of sulfonamides is 1. The molecule has 0 unspecified atom stereocenters. The maximum absolute atomic E-state index is 12.5. The third-order valence-electron chi connectivity index (χ3n) is 4.48. The van der Waals surface area contributed by atoms with E-state index in [-0.39, 0.29) is 23.1 Å². The Bertz CT molecular complexity index is 955. The minimum absolute atomic E-state index is 0.138. The highest BCUT2D eigenvalue weighted by molar-refractivity contribution is 7.99. The maximum atomic E-state index is 12.5. The number of hydrogen-bond donors (Lipinski definition) is 1. The smallest absolute Gasteiger partial charge is 0.242 e. The van der Waals surface area contributed by atoms with E-state index in [2.05, 4.69) is 10.3 Å². The summed E-state index contributed by atoms with van der Waals surface area (Å²) >= 11 is 1.35. The first-order valence-electron chi connectivity index (χ1n) is 9.11. The van der Waals surface area contributed by atoms with Gasteiger partial charge in [0.1, 0.15) is 0 Å². The summed E-state index contributed by atoms with van der Waals surface area (Å²) < 4.78 is 33.3. The quantitative estimate of drug-likeness (QED) is 0.567. The number of imidazole rings is 1. The number of carbonyl (C=O) groups excluding carboxylic acids is 1. The van der Waals surface area contributed by atoms with Crippen molar-refractivity contribution < 1.29 is 17.9 Å². The SMILES string of the molecule is COCCn1c(SCC(=O)NCc2ccccc2S(=O)(=O)N(C)C)nc(C)c1C. The Morgan fingerprint density at radius 3 is 2.62 bits per heavy atom. The Labute approximate surface area is 176 Å². The Morgan fingerprint density at radius 1 is 1.28 bits per heavy atom. The fourth-order valence-electron chi connectivity index (χ4n) is 2.65. The third kappa shape index (κ3) is 5.81. The molecule has 10 heteroatoms. The van der Waals surface area contributed by atoms with E-state index < -0.39 is 10.0 Å². The van der Waals surface area contributed by atoms with Gasteiger partial charge in [0, 0.05) is 40.0 Å². The molecule has 0 bridgehead atoms. The molecule has 0 aliphatic heterocycles. The standard InChI is InChI=1S/C19H28N4O4S2/c1-14-15(2)23(10-11-27-5)19(21-14)28-13-18(24)20-12-16-8-6-7-9-17(16)29(25,26)22(3)4/h6-9H,10-13H2,1-5H3,(H,20,24). The first kappa shape index (κ1) is 23.4. The second-order valence-electron chi connectivity index (χ2n) is 6.67. The van der Waals surface area contributed by atoms with Crippen molar-refractivity contribution in [2.24, 2.45) is 0 Å². The van der Waals surface area contributed by atoms with E-state index in [1.165, 1.54) is 25.9 Å². The van der Waals surface area contributed by atoms with Crippen LogP contribution in [0.15, 0.2) is 34.3 Å². The number of amides is 1. The van der Waals surface area contributed by atoms with Gasteiger partial charge in [-0.2, -0.15) is 0 Å². The molecular weight excluding hydrogens is 412 g/mol. The van der Waals surface area contributed by atoms with Crippen molar-refractivity contribution in [1.29, 1.82) is 0 Å². The highest BCUT2D eigenvalue weighted by atomic mass is 32.2. The molecule has 1 N–H and O–H groups in total. The van der Waals surface area contributed by atoms with Crippen LogP contribution in [0.1, 0.15) is 17.0 Å². The number of methoxy groups -OCH3 is 1. The van der Waals surface area contributed by atoms with E-state index in [0.29, 0.717) is 18.7 Å². The average Bonchev–Trinajstić information content (AvgIpc) is 2.96.